The number of ketones is 1. The minimum atomic E-state index is -0.235. The van der Waals surface area contributed by atoms with Crippen LogP contribution in [0.4, 0.5) is 0 Å². The zero-order valence-corrected chi connectivity index (χ0v) is 18.5. The summed E-state index contributed by atoms with van der Waals surface area (Å²) in [4.78, 5) is 12.8. The fourth-order valence-corrected chi connectivity index (χ4v) is 4.56. The third kappa shape index (κ3) is 3.84. The third-order valence-electron chi connectivity index (χ3n) is 6.14. The van der Waals surface area contributed by atoms with Gasteiger partial charge in [0.2, 0.25) is 0 Å². The smallest absolute Gasteiger partial charge is 0.167 e. The van der Waals surface area contributed by atoms with Gasteiger partial charge >= 0.3 is 0 Å². The highest BCUT2D eigenvalue weighted by atomic mass is 16.5. The molecule has 0 spiro atoms. The Balaban J connectivity index is 1.75. The van der Waals surface area contributed by atoms with Gasteiger partial charge in [0.15, 0.2) is 5.78 Å². The third-order valence-corrected chi connectivity index (χ3v) is 6.14. The highest BCUT2D eigenvalue weighted by molar-refractivity contribution is 6.08. The molecule has 0 fully saturated rings. The van der Waals surface area contributed by atoms with Crippen LogP contribution in [0.5, 0.6) is 11.5 Å². The fraction of sp³-hybridized carbons (Fsp3) is 0.296. The summed E-state index contributed by atoms with van der Waals surface area (Å²) in [7, 11) is 1.64. The molecule has 0 bridgehead atoms. The normalized spacial score (nSPS) is 16.1. The Kier molecular flexibility index (Phi) is 5.84. The van der Waals surface area contributed by atoms with E-state index in [9.17, 15) is 9.90 Å². The van der Waals surface area contributed by atoms with Crippen LogP contribution in [-0.2, 0) is 11.3 Å². The molecule has 3 aromatic carbocycles. The van der Waals surface area contributed by atoms with Crippen molar-refractivity contribution in [1.29, 1.82) is 0 Å². The molecule has 0 heterocycles. The van der Waals surface area contributed by atoms with E-state index in [1.54, 1.807) is 7.11 Å². The van der Waals surface area contributed by atoms with E-state index < -0.39 is 0 Å². The number of hydrogen-bond acceptors (Lipinski definition) is 4. The van der Waals surface area contributed by atoms with Crippen molar-refractivity contribution in [2.24, 2.45) is 0 Å². The lowest BCUT2D eigenvalue weighted by Gasteiger charge is -2.27. The Bertz CT molecular complexity index is 1170. The number of phenolic OH excluding ortho intramolecular Hbond substituents is 1. The fourth-order valence-electron chi connectivity index (χ4n) is 4.56. The SMILES string of the molecule is C/C=C/c1c(C)cc2cc3c(c(O)c2c1C)C(=O)CC[C@@H]3OCc1ccc(OC)cc1. The zero-order valence-electron chi connectivity index (χ0n) is 18.5. The largest absolute Gasteiger partial charge is 0.507 e. The second-order valence-electron chi connectivity index (χ2n) is 8.13. The average Bonchev–Trinajstić information content (AvgIpc) is 2.76. The van der Waals surface area contributed by atoms with Crippen molar-refractivity contribution >= 4 is 22.6 Å². The quantitative estimate of drug-likeness (QED) is 0.520. The summed E-state index contributed by atoms with van der Waals surface area (Å²) in [5.74, 6) is 0.863. The number of hydrogen-bond donors (Lipinski definition) is 1. The molecule has 0 radical (unpaired) electrons. The molecule has 1 aliphatic rings. The molecule has 0 saturated heterocycles. The monoisotopic (exact) mass is 416 g/mol. The maximum absolute atomic E-state index is 12.8. The first-order chi connectivity index (χ1) is 14.9. The van der Waals surface area contributed by atoms with E-state index in [1.807, 2.05) is 56.3 Å². The number of ether oxygens (including phenoxy) is 2. The summed E-state index contributed by atoms with van der Waals surface area (Å²) in [6.07, 6.45) is 4.78. The minimum absolute atomic E-state index is 0.0220. The Labute approximate surface area is 183 Å². The van der Waals surface area contributed by atoms with Gasteiger partial charge in [-0.1, -0.05) is 30.4 Å². The van der Waals surface area contributed by atoms with Crippen LogP contribution in [-0.4, -0.2) is 18.0 Å². The summed E-state index contributed by atoms with van der Waals surface area (Å²) in [5, 5.41) is 12.9. The molecule has 0 aliphatic heterocycles. The lowest BCUT2D eigenvalue weighted by Crippen LogP contribution is -2.18. The molecule has 0 aromatic heterocycles. The molecule has 1 atom stereocenters. The van der Waals surface area contributed by atoms with E-state index in [4.69, 9.17) is 9.47 Å². The maximum Gasteiger partial charge on any atom is 0.167 e. The molecule has 4 heteroatoms. The van der Waals surface area contributed by atoms with Crippen molar-refractivity contribution in [2.45, 2.75) is 46.3 Å². The van der Waals surface area contributed by atoms with Gasteiger partial charge in [0.25, 0.3) is 0 Å². The predicted molar refractivity (Wildman–Crippen MR) is 124 cm³/mol. The number of benzene rings is 3. The summed E-state index contributed by atoms with van der Waals surface area (Å²) in [5.41, 5.74) is 5.44. The molecule has 160 valence electrons. The number of rotatable bonds is 5. The van der Waals surface area contributed by atoms with Gasteiger partial charge in [-0.05, 0) is 78.6 Å². The molecule has 1 N–H and O–H groups in total. The van der Waals surface area contributed by atoms with E-state index in [0.29, 0.717) is 25.0 Å². The summed E-state index contributed by atoms with van der Waals surface area (Å²) in [6.45, 7) is 6.48. The Morgan fingerprint density at radius 2 is 1.90 bits per heavy atom. The van der Waals surface area contributed by atoms with Crippen LogP contribution >= 0.6 is 0 Å². The molecule has 4 nitrogen and oxygen atoms in total. The number of carbonyl (C=O) groups is 1. The predicted octanol–water partition coefficient (Wildman–Crippen LogP) is 6.44. The molecule has 4 rings (SSSR count). The van der Waals surface area contributed by atoms with Gasteiger partial charge < -0.3 is 14.6 Å². The molecule has 3 aromatic rings. The molecule has 0 unspecified atom stereocenters. The van der Waals surface area contributed by atoms with Gasteiger partial charge in [0.1, 0.15) is 11.5 Å². The van der Waals surface area contributed by atoms with Crippen LogP contribution in [0, 0.1) is 13.8 Å². The summed E-state index contributed by atoms with van der Waals surface area (Å²) in [6, 6.07) is 11.9. The second-order valence-corrected chi connectivity index (χ2v) is 8.13. The van der Waals surface area contributed by atoms with Crippen molar-refractivity contribution in [3.8, 4) is 11.5 Å². The van der Waals surface area contributed by atoms with Gasteiger partial charge in [-0.2, -0.15) is 0 Å². The van der Waals surface area contributed by atoms with E-state index in [-0.39, 0.29) is 17.6 Å². The lowest BCUT2D eigenvalue weighted by molar-refractivity contribution is 0.0276. The summed E-state index contributed by atoms with van der Waals surface area (Å²) >= 11 is 0. The van der Waals surface area contributed by atoms with Gasteiger partial charge in [-0.15, -0.1) is 0 Å². The van der Waals surface area contributed by atoms with Gasteiger partial charge in [0, 0.05) is 11.8 Å². The number of aryl methyl sites for hydroxylation is 2. The van der Waals surface area contributed by atoms with Crippen molar-refractivity contribution in [2.75, 3.05) is 7.11 Å². The zero-order chi connectivity index (χ0) is 22.1. The highest BCUT2D eigenvalue weighted by Crippen LogP contribution is 2.44. The Morgan fingerprint density at radius 3 is 2.58 bits per heavy atom. The molecular formula is C27H28O4. The van der Waals surface area contributed by atoms with Crippen molar-refractivity contribution in [1.82, 2.24) is 0 Å². The van der Waals surface area contributed by atoms with Crippen LogP contribution in [0.1, 0.15) is 64.0 Å². The van der Waals surface area contributed by atoms with Gasteiger partial charge in [0.05, 0.1) is 25.4 Å². The van der Waals surface area contributed by atoms with E-state index >= 15 is 0 Å². The topological polar surface area (TPSA) is 55.8 Å². The number of aromatic hydroxyl groups is 1. The highest BCUT2D eigenvalue weighted by Gasteiger charge is 2.31. The number of phenols is 1. The number of methoxy groups -OCH3 is 1. The first-order valence-electron chi connectivity index (χ1n) is 10.6. The molecular weight excluding hydrogens is 388 g/mol. The lowest BCUT2D eigenvalue weighted by atomic mass is 9.83. The molecule has 1 aliphatic carbocycles. The van der Waals surface area contributed by atoms with Crippen LogP contribution in [0.2, 0.25) is 0 Å². The second kappa shape index (κ2) is 8.56. The Hall–Kier alpha value is -3.11. The first kappa shape index (κ1) is 21.1. The van der Waals surface area contributed by atoms with Crippen molar-refractivity contribution in [3.63, 3.8) is 0 Å². The van der Waals surface area contributed by atoms with E-state index in [1.165, 1.54) is 0 Å². The Morgan fingerprint density at radius 1 is 1.16 bits per heavy atom. The molecule has 0 amide bonds. The van der Waals surface area contributed by atoms with Crippen LogP contribution in [0.15, 0.2) is 42.5 Å². The average molecular weight is 417 g/mol. The van der Waals surface area contributed by atoms with Crippen LogP contribution in [0.3, 0.4) is 0 Å². The number of carbonyl (C=O) groups excluding carboxylic acids is 1. The number of Topliss-reactive ketones (excluding diaryl/α,β-unsaturated/α-hetero) is 1. The molecule has 0 saturated carbocycles. The van der Waals surface area contributed by atoms with Crippen molar-refractivity contribution < 1.29 is 19.4 Å². The van der Waals surface area contributed by atoms with Crippen molar-refractivity contribution in [3.05, 3.63) is 75.9 Å². The van der Waals surface area contributed by atoms with E-state index in [2.05, 4.69) is 13.0 Å². The minimum Gasteiger partial charge on any atom is -0.507 e. The summed E-state index contributed by atoms with van der Waals surface area (Å²) < 4.78 is 11.4. The van der Waals surface area contributed by atoms with E-state index in [0.717, 1.165) is 44.3 Å². The first-order valence-corrected chi connectivity index (χ1v) is 10.6. The van der Waals surface area contributed by atoms with Crippen LogP contribution < -0.4 is 4.74 Å². The maximum atomic E-state index is 12.8. The van der Waals surface area contributed by atoms with Gasteiger partial charge in [-0.3, -0.25) is 4.79 Å². The van der Waals surface area contributed by atoms with Gasteiger partial charge in [-0.25, -0.2) is 0 Å². The van der Waals surface area contributed by atoms with Crippen LogP contribution in [0.25, 0.3) is 16.8 Å². The number of fused-ring (bicyclic) bond motifs is 2. The molecule has 31 heavy (non-hydrogen) atoms. The number of allylic oxidation sites excluding steroid dienone is 1. The standard InChI is InChI=1S/C27H28O4/c1-5-6-21-16(2)13-19-14-22-24(31-15-18-7-9-20(30-4)10-8-18)12-11-23(28)26(22)27(29)25(19)17(21)3/h5-10,13-14,24,29H,11-12,15H2,1-4H3/b6-5+/t24-/m0/s1.